The van der Waals surface area contributed by atoms with Crippen molar-refractivity contribution in [3.05, 3.63) is 57.6 Å². The van der Waals surface area contributed by atoms with E-state index in [9.17, 15) is 14.4 Å². The Kier molecular flexibility index (Phi) is 6.18. The second-order valence-corrected chi connectivity index (χ2v) is 8.64. The Morgan fingerprint density at radius 1 is 1.03 bits per heavy atom. The lowest BCUT2D eigenvalue weighted by Gasteiger charge is -2.31. The molecule has 31 heavy (non-hydrogen) atoms. The Hall–Kier alpha value is -2.61. The van der Waals surface area contributed by atoms with Gasteiger partial charge in [-0.1, -0.05) is 36.0 Å². The molecule has 1 saturated carbocycles. The molecule has 1 fully saturated rings. The van der Waals surface area contributed by atoms with Gasteiger partial charge in [0.1, 0.15) is 6.54 Å². The molecule has 1 aliphatic heterocycles. The van der Waals surface area contributed by atoms with Gasteiger partial charge in [0.05, 0.1) is 21.4 Å². The maximum atomic E-state index is 13.0. The zero-order chi connectivity index (χ0) is 22.1. The zero-order valence-electron chi connectivity index (χ0n) is 16.7. The van der Waals surface area contributed by atoms with Gasteiger partial charge >= 0.3 is 0 Å². The van der Waals surface area contributed by atoms with Crippen LogP contribution in [-0.2, 0) is 4.79 Å². The van der Waals surface area contributed by atoms with Gasteiger partial charge in [0.15, 0.2) is 0 Å². The van der Waals surface area contributed by atoms with E-state index in [0.717, 1.165) is 25.7 Å². The summed E-state index contributed by atoms with van der Waals surface area (Å²) in [6.07, 6.45) is 3.84. The minimum Gasteiger partial charge on any atom is -0.348 e. The van der Waals surface area contributed by atoms with Crippen LogP contribution in [0.3, 0.4) is 0 Å². The second kappa shape index (κ2) is 8.86. The standard InChI is InChI=1S/C22H22Cl2N4O3/c23-14-7-5-13(9-15(14)24)22(31)28-11-20(29)26-18-10-12(6-8-19(18)28)21(30)27-17-4-2-1-3-16(17)25/h5-10,16-17H,1-4,11,25H2,(H,26,29)(H,27,30). The van der Waals surface area contributed by atoms with Crippen LogP contribution in [0.15, 0.2) is 36.4 Å². The van der Waals surface area contributed by atoms with Crippen molar-refractivity contribution < 1.29 is 14.4 Å². The maximum absolute atomic E-state index is 13.0. The van der Waals surface area contributed by atoms with Crippen LogP contribution in [0, 0.1) is 0 Å². The molecule has 0 spiro atoms. The largest absolute Gasteiger partial charge is 0.348 e. The second-order valence-electron chi connectivity index (χ2n) is 7.83. The predicted octanol–water partition coefficient (Wildman–Crippen LogP) is 3.59. The summed E-state index contributed by atoms with van der Waals surface area (Å²) >= 11 is 12.0. The van der Waals surface area contributed by atoms with Gasteiger partial charge in [0.25, 0.3) is 11.8 Å². The highest BCUT2D eigenvalue weighted by molar-refractivity contribution is 6.42. The third-order valence-electron chi connectivity index (χ3n) is 5.67. The fourth-order valence-corrected chi connectivity index (χ4v) is 4.29. The van der Waals surface area contributed by atoms with E-state index < -0.39 is 0 Å². The number of benzene rings is 2. The Bertz CT molecular complexity index is 1060. The highest BCUT2D eigenvalue weighted by Gasteiger charge is 2.29. The Labute approximate surface area is 189 Å². The van der Waals surface area contributed by atoms with Crippen molar-refractivity contribution in [3.8, 4) is 0 Å². The number of hydrogen-bond donors (Lipinski definition) is 3. The number of hydrogen-bond acceptors (Lipinski definition) is 4. The van der Waals surface area contributed by atoms with Crippen LogP contribution in [0.5, 0.6) is 0 Å². The number of nitrogens with zero attached hydrogens (tertiary/aromatic N) is 1. The monoisotopic (exact) mass is 460 g/mol. The normalized spacial score (nSPS) is 20.6. The van der Waals surface area contributed by atoms with Crippen LogP contribution in [0.2, 0.25) is 10.0 Å². The van der Waals surface area contributed by atoms with Crippen molar-refractivity contribution in [1.82, 2.24) is 5.32 Å². The topological polar surface area (TPSA) is 105 Å². The summed E-state index contributed by atoms with van der Waals surface area (Å²) in [6, 6.07) is 9.28. The van der Waals surface area contributed by atoms with Gasteiger partial charge < -0.3 is 16.4 Å². The van der Waals surface area contributed by atoms with E-state index in [1.54, 1.807) is 24.3 Å². The molecule has 1 heterocycles. The van der Waals surface area contributed by atoms with E-state index in [1.807, 2.05) is 0 Å². The van der Waals surface area contributed by atoms with Crippen molar-refractivity contribution in [3.63, 3.8) is 0 Å². The predicted molar refractivity (Wildman–Crippen MR) is 121 cm³/mol. The highest BCUT2D eigenvalue weighted by atomic mass is 35.5. The van der Waals surface area contributed by atoms with E-state index in [-0.39, 0.29) is 41.4 Å². The minimum absolute atomic E-state index is 0.0608. The fraction of sp³-hybridized carbons (Fsp3) is 0.318. The van der Waals surface area contributed by atoms with Gasteiger partial charge in [-0.2, -0.15) is 0 Å². The van der Waals surface area contributed by atoms with E-state index in [1.165, 1.54) is 17.0 Å². The maximum Gasteiger partial charge on any atom is 0.258 e. The fourth-order valence-electron chi connectivity index (χ4n) is 3.99. The molecule has 0 aromatic heterocycles. The zero-order valence-corrected chi connectivity index (χ0v) is 18.2. The summed E-state index contributed by atoms with van der Waals surface area (Å²) in [5, 5.41) is 6.32. The van der Waals surface area contributed by atoms with Crippen LogP contribution < -0.4 is 21.3 Å². The Morgan fingerprint density at radius 2 is 1.77 bits per heavy atom. The molecule has 2 atom stereocenters. The quantitative estimate of drug-likeness (QED) is 0.650. The number of nitrogens with two attached hydrogens (primary N) is 1. The van der Waals surface area contributed by atoms with Gasteiger partial charge in [0, 0.05) is 23.2 Å². The molecule has 4 rings (SSSR count). The summed E-state index contributed by atoms with van der Waals surface area (Å²) in [5.41, 5.74) is 7.72. The lowest BCUT2D eigenvalue weighted by molar-refractivity contribution is -0.115. The summed E-state index contributed by atoms with van der Waals surface area (Å²) in [7, 11) is 0. The van der Waals surface area contributed by atoms with Crippen molar-refractivity contribution in [1.29, 1.82) is 0 Å². The van der Waals surface area contributed by atoms with Crippen LogP contribution in [0.4, 0.5) is 11.4 Å². The first-order valence-electron chi connectivity index (χ1n) is 10.1. The van der Waals surface area contributed by atoms with E-state index in [0.29, 0.717) is 27.5 Å². The van der Waals surface area contributed by atoms with Crippen LogP contribution in [0.25, 0.3) is 0 Å². The number of nitrogens with one attached hydrogen (secondary N) is 2. The van der Waals surface area contributed by atoms with Crippen LogP contribution >= 0.6 is 23.2 Å². The summed E-state index contributed by atoms with van der Waals surface area (Å²) in [5.74, 6) is -1.000. The molecule has 7 nitrogen and oxygen atoms in total. The lowest BCUT2D eigenvalue weighted by Crippen LogP contribution is -2.49. The molecular formula is C22H22Cl2N4O3. The Balaban J connectivity index is 1.58. The molecule has 0 saturated heterocycles. The number of halogens is 2. The van der Waals surface area contributed by atoms with Gasteiger partial charge in [-0.25, -0.2) is 0 Å². The SMILES string of the molecule is NC1CCCCC1NC(=O)c1ccc2c(c1)NC(=O)CN2C(=O)c1ccc(Cl)c(Cl)c1. The summed E-state index contributed by atoms with van der Waals surface area (Å²) in [4.78, 5) is 39.4. The molecule has 2 unspecified atom stereocenters. The molecule has 2 aromatic rings. The van der Waals surface area contributed by atoms with Crippen LogP contribution in [-0.4, -0.2) is 36.3 Å². The van der Waals surface area contributed by atoms with E-state index in [2.05, 4.69) is 10.6 Å². The molecule has 1 aliphatic carbocycles. The molecular weight excluding hydrogens is 439 g/mol. The van der Waals surface area contributed by atoms with Gasteiger partial charge in [-0.05, 0) is 49.2 Å². The average molecular weight is 461 g/mol. The first-order chi connectivity index (χ1) is 14.8. The molecule has 9 heteroatoms. The number of fused-ring (bicyclic) bond motifs is 1. The number of carbonyl (C=O) groups excluding carboxylic acids is 3. The number of rotatable bonds is 3. The highest BCUT2D eigenvalue weighted by Crippen LogP contribution is 2.32. The molecule has 3 amide bonds. The van der Waals surface area contributed by atoms with Crippen molar-refractivity contribution >= 4 is 52.3 Å². The summed E-state index contributed by atoms with van der Waals surface area (Å²) < 4.78 is 0. The molecule has 0 radical (unpaired) electrons. The molecule has 2 aliphatic rings. The third-order valence-corrected chi connectivity index (χ3v) is 6.41. The van der Waals surface area contributed by atoms with Gasteiger partial charge in [-0.3, -0.25) is 19.3 Å². The molecule has 2 aromatic carbocycles. The third kappa shape index (κ3) is 4.54. The number of carbonyl (C=O) groups is 3. The Morgan fingerprint density at radius 3 is 2.52 bits per heavy atom. The molecule has 4 N–H and O–H groups in total. The number of amides is 3. The van der Waals surface area contributed by atoms with Crippen molar-refractivity contribution in [2.45, 2.75) is 37.8 Å². The summed E-state index contributed by atoms with van der Waals surface area (Å²) in [6.45, 7) is -0.144. The first kappa shape index (κ1) is 21.6. The number of anilines is 2. The lowest BCUT2D eigenvalue weighted by atomic mass is 9.91. The van der Waals surface area contributed by atoms with Gasteiger partial charge in [0.2, 0.25) is 5.91 Å². The minimum atomic E-state index is -0.389. The van der Waals surface area contributed by atoms with E-state index in [4.69, 9.17) is 28.9 Å². The van der Waals surface area contributed by atoms with Crippen molar-refractivity contribution in [2.24, 2.45) is 5.73 Å². The molecule has 162 valence electrons. The van der Waals surface area contributed by atoms with Crippen LogP contribution in [0.1, 0.15) is 46.4 Å². The van der Waals surface area contributed by atoms with Crippen molar-refractivity contribution in [2.75, 3.05) is 16.8 Å². The average Bonchev–Trinajstić information content (AvgIpc) is 2.75. The van der Waals surface area contributed by atoms with Gasteiger partial charge in [-0.15, -0.1) is 0 Å². The smallest absolute Gasteiger partial charge is 0.258 e. The molecule has 0 bridgehead atoms. The van der Waals surface area contributed by atoms with E-state index >= 15 is 0 Å². The first-order valence-corrected chi connectivity index (χ1v) is 10.9.